The summed E-state index contributed by atoms with van der Waals surface area (Å²) in [6.07, 6.45) is 4.38. The first-order valence-electron chi connectivity index (χ1n) is 6.78. The van der Waals surface area contributed by atoms with Crippen LogP contribution in [0.25, 0.3) is 0 Å². The molecule has 0 saturated carbocycles. The molecule has 4 nitrogen and oxygen atoms in total. The molecule has 5 heteroatoms. The highest BCUT2D eigenvalue weighted by Gasteiger charge is 2.43. The first-order chi connectivity index (χ1) is 9.20. The Morgan fingerprint density at radius 3 is 3.05 bits per heavy atom. The molecule has 0 spiro atoms. The van der Waals surface area contributed by atoms with Crippen molar-refractivity contribution in [2.24, 2.45) is 5.92 Å². The van der Waals surface area contributed by atoms with E-state index in [1.807, 2.05) is 0 Å². The average Bonchev–Trinajstić information content (AvgIpc) is 3.03. The third-order valence-electron chi connectivity index (χ3n) is 4.04. The molecular weight excluding hydrogens is 247 g/mol. The minimum atomic E-state index is -0.628. The molecule has 3 unspecified atom stereocenters. The van der Waals surface area contributed by atoms with Gasteiger partial charge in [-0.15, -0.1) is 0 Å². The number of pyridine rings is 1. The maximum Gasteiger partial charge on any atom is 0.251 e. The van der Waals surface area contributed by atoms with Crippen molar-refractivity contribution < 1.29 is 13.9 Å². The first kappa shape index (κ1) is 12.5. The number of nitrogens with zero attached hydrogens (tertiary/aromatic N) is 1. The van der Waals surface area contributed by atoms with E-state index >= 15 is 0 Å². The Morgan fingerprint density at radius 2 is 2.42 bits per heavy atom. The van der Waals surface area contributed by atoms with Crippen molar-refractivity contribution >= 4 is 5.78 Å². The minimum Gasteiger partial charge on any atom is -0.476 e. The van der Waals surface area contributed by atoms with Crippen molar-refractivity contribution in [3.63, 3.8) is 0 Å². The number of rotatable bonds is 4. The van der Waals surface area contributed by atoms with Crippen molar-refractivity contribution in [2.75, 3.05) is 6.61 Å². The van der Waals surface area contributed by atoms with Gasteiger partial charge in [-0.05, 0) is 32.3 Å². The average molecular weight is 264 g/mol. The third kappa shape index (κ3) is 2.12. The maximum atomic E-state index is 14.2. The smallest absolute Gasteiger partial charge is 0.251 e. The molecule has 3 rings (SSSR count). The normalized spacial score (nSPS) is 28.6. The molecule has 0 radical (unpaired) electrons. The van der Waals surface area contributed by atoms with Crippen LogP contribution in [0.5, 0.6) is 5.88 Å². The monoisotopic (exact) mass is 264 g/mol. The van der Waals surface area contributed by atoms with Gasteiger partial charge >= 0.3 is 0 Å². The molecule has 3 heterocycles. The number of nitrogens with one attached hydrogen (secondary N) is 1. The molecule has 0 aliphatic carbocycles. The number of hydrogen-bond donors (Lipinski definition) is 1. The van der Waals surface area contributed by atoms with E-state index in [0.717, 1.165) is 19.3 Å². The second kappa shape index (κ2) is 4.89. The van der Waals surface area contributed by atoms with Crippen LogP contribution in [-0.2, 0) is 0 Å². The second-order valence-corrected chi connectivity index (χ2v) is 5.16. The number of halogens is 1. The van der Waals surface area contributed by atoms with Gasteiger partial charge in [-0.25, -0.2) is 9.37 Å². The molecule has 2 aliphatic heterocycles. The summed E-state index contributed by atoms with van der Waals surface area (Å²) < 4.78 is 19.3. The molecule has 2 bridgehead atoms. The molecule has 1 aromatic heterocycles. The molecule has 0 amide bonds. The summed E-state index contributed by atoms with van der Waals surface area (Å²) in [7, 11) is 0. The Morgan fingerprint density at radius 1 is 1.58 bits per heavy atom. The van der Waals surface area contributed by atoms with Gasteiger partial charge in [0.2, 0.25) is 0 Å². The quantitative estimate of drug-likeness (QED) is 0.844. The summed E-state index contributed by atoms with van der Waals surface area (Å²) in [5.41, 5.74) is 0.109. The molecule has 2 saturated heterocycles. The maximum absolute atomic E-state index is 14.2. The number of hydrogen-bond acceptors (Lipinski definition) is 4. The number of Topliss-reactive ketones (excluding diaryl/α,β-unsaturated/α-hetero) is 1. The summed E-state index contributed by atoms with van der Waals surface area (Å²) in [6.45, 7) is 2.09. The van der Waals surface area contributed by atoms with E-state index in [9.17, 15) is 9.18 Å². The van der Waals surface area contributed by atoms with Crippen molar-refractivity contribution in [1.29, 1.82) is 0 Å². The van der Waals surface area contributed by atoms with Gasteiger partial charge < -0.3 is 10.1 Å². The van der Waals surface area contributed by atoms with Crippen LogP contribution in [0.4, 0.5) is 4.39 Å². The van der Waals surface area contributed by atoms with E-state index in [-0.39, 0.29) is 29.2 Å². The highest BCUT2D eigenvalue weighted by molar-refractivity contribution is 5.99. The standard InChI is InChI=1S/C14H17FN2O2/c1-2-19-14-12(15)9(5-6-16-14)13(18)10-7-8-3-4-11(10)17-8/h5-6,8,10-11,17H,2-4,7H2,1H3. The van der Waals surface area contributed by atoms with E-state index in [0.29, 0.717) is 12.6 Å². The summed E-state index contributed by atoms with van der Waals surface area (Å²) in [6, 6.07) is 2.09. The molecule has 2 aliphatic rings. The molecule has 19 heavy (non-hydrogen) atoms. The van der Waals surface area contributed by atoms with Crippen LogP contribution in [0, 0.1) is 11.7 Å². The Labute approximate surface area is 111 Å². The largest absolute Gasteiger partial charge is 0.476 e. The molecule has 2 fully saturated rings. The zero-order valence-corrected chi connectivity index (χ0v) is 10.9. The summed E-state index contributed by atoms with van der Waals surface area (Å²) in [5, 5.41) is 3.40. The number of fused-ring (bicyclic) bond motifs is 2. The van der Waals surface area contributed by atoms with Gasteiger partial charge in [-0.2, -0.15) is 0 Å². The van der Waals surface area contributed by atoms with Crippen LogP contribution in [0.2, 0.25) is 0 Å². The van der Waals surface area contributed by atoms with Gasteiger partial charge in [0.1, 0.15) is 0 Å². The Balaban J connectivity index is 1.85. The van der Waals surface area contributed by atoms with Gasteiger partial charge in [-0.3, -0.25) is 4.79 Å². The SMILES string of the molecule is CCOc1nccc(C(=O)C2CC3CCC2N3)c1F. The fourth-order valence-electron chi connectivity index (χ4n) is 3.17. The predicted octanol–water partition coefficient (Wildman–Crippen LogP) is 1.94. The molecule has 1 aromatic rings. The van der Waals surface area contributed by atoms with E-state index in [2.05, 4.69) is 10.3 Å². The second-order valence-electron chi connectivity index (χ2n) is 5.16. The van der Waals surface area contributed by atoms with Gasteiger partial charge in [-0.1, -0.05) is 0 Å². The van der Waals surface area contributed by atoms with Crippen molar-refractivity contribution in [2.45, 2.75) is 38.3 Å². The van der Waals surface area contributed by atoms with Crippen molar-refractivity contribution in [1.82, 2.24) is 10.3 Å². The van der Waals surface area contributed by atoms with Crippen LogP contribution in [0.1, 0.15) is 36.5 Å². The van der Waals surface area contributed by atoms with Crippen LogP contribution in [0.3, 0.4) is 0 Å². The van der Waals surface area contributed by atoms with Gasteiger partial charge in [0.05, 0.1) is 12.2 Å². The van der Waals surface area contributed by atoms with E-state index < -0.39 is 5.82 Å². The van der Waals surface area contributed by atoms with Crippen LogP contribution >= 0.6 is 0 Å². The number of ether oxygens (including phenoxy) is 1. The minimum absolute atomic E-state index is 0.0792. The lowest BCUT2D eigenvalue weighted by molar-refractivity contribution is 0.0895. The zero-order valence-electron chi connectivity index (χ0n) is 10.9. The summed E-state index contributed by atoms with van der Waals surface area (Å²) in [4.78, 5) is 16.3. The van der Waals surface area contributed by atoms with Crippen LogP contribution < -0.4 is 10.1 Å². The topological polar surface area (TPSA) is 51.2 Å². The fraction of sp³-hybridized carbons (Fsp3) is 0.571. The zero-order chi connectivity index (χ0) is 13.4. The lowest BCUT2D eigenvalue weighted by Gasteiger charge is -2.19. The number of carbonyl (C=O) groups is 1. The summed E-state index contributed by atoms with van der Waals surface area (Å²) in [5.74, 6) is -0.938. The third-order valence-corrected chi connectivity index (χ3v) is 4.04. The first-order valence-corrected chi connectivity index (χ1v) is 6.78. The highest BCUT2D eigenvalue weighted by Crippen LogP contribution is 2.36. The van der Waals surface area contributed by atoms with E-state index in [4.69, 9.17) is 4.74 Å². The Hall–Kier alpha value is -1.49. The molecule has 0 aromatic carbocycles. The predicted molar refractivity (Wildman–Crippen MR) is 67.7 cm³/mol. The number of carbonyl (C=O) groups excluding carboxylic acids is 1. The van der Waals surface area contributed by atoms with E-state index in [1.54, 1.807) is 6.92 Å². The Kier molecular flexibility index (Phi) is 3.22. The Bertz CT molecular complexity index is 506. The number of aromatic nitrogens is 1. The lowest BCUT2D eigenvalue weighted by Crippen LogP contribution is -2.29. The summed E-state index contributed by atoms with van der Waals surface area (Å²) >= 11 is 0. The molecule has 3 atom stereocenters. The van der Waals surface area contributed by atoms with Crippen LogP contribution in [0.15, 0.2) is 12.3 Å². The molecular formula is C14H17FN2O2. The van der Waals surface area contributed by atoms with Crippen molar-refractivity contribution in [3.05, 3.63) is 23.6 Å². The van der Waals surface area contributed by atoms with Gasteiger partial charge in [0.25, 0.3) is 5.88 Å². The van der Waals surface area contributed by atoms with E-state index in [1.165, 1.54) is 12.3 Å². The van der Waals surface area contributed by atoms with Crippen LogP contribution in [-0.4, -0.2) is 29.5 Å². The van der Waals surface area contributed by atoms with Gasteiger partial charge in [0, 0.05) is 24.2 Å². The number of ketones is 1. The van der Waals surface area contributed by atoms with Crippen molar-refractivity contribution in [3.8, 4) is 5.88 Å². The highest BCUT2D eigenvalue weighted by atomic mass is 19.1. The molecule has 1 N–H and O–H groups in total. The molecule has 102 valence electrons. The lowest BCUT2D eigenvalue weighted by atomic mass is 9.84. The van der Waals surface area contributed by atoms with Gasteiger partial charge in [0.15, 0.2) is 11.6 Å². The fourth-order valence-corrected chi connectivity index (χ4v) is 3.17.